The number of hydrogen-bond acceptors (Lipinski definition) is 5. The highest BCUT2D eigenvalue weighted by Gasteiger charge is 2.54. The van der Waals surface area contributed by atoms with E-state index < -0.39 is 18.3 Å². The van der Waals surface area contributed by atoms with Gasteiger partial charge in [0.05, 0.1) is 14.2 Å². The van der Waals surface area contributed by atoms with Crippen molar-refractivity contribution in [1.82, 2.24) is 0 Å². The molecule has 0 amide bonds. The second kappa shape index (κ2) is 3.96. The zero-order chi connectivity index (χ0) is 12.9. The number of fused-ring (bicyclic) bond motifs is 5. The Kier molecular flexibility index (Phi) is 2.53. The lowest BCUT2D eigenvalue weighted by molar-refractivity contribution is -0.128. The Morgan fingerprint density at radius 1 is 1.17 bits per heavy atom. The van der Waals surface area contributed by atoms with Crippen LogP contribution in [0.4, 0.5) is 0 Å². The predicted molar refractivity (Wildman–Crippen MR) is 61.9 cm³/mol. The molecule has 5 nitrogen and oxygen atoms in total. The second-order valence-corrected chi connectivity index (χ2v) is 4.30. The molecule has 3 rings (SSSR count). The van der Waals surface area contributed by atoms with E-state index in [4.69, 9.17) is 18.9 Å². The Hall–Kier alpha value is -1.59. The number of carbonyl (C=O) groups is 1. The molecule has 5 heteroatoms. The summed E-state index contributed by atoms with van der Waals surface area (Å²) in [5.74, 6) is 1.23. The fraction of sp³-hybridized carbons (Fsp3) is 0.462. The van der Waals surface area contributed by atoms with Crippen LogP contribution >= 0.6 is 0 Å². The number of carbonyl (C=O) groups excluding carboxylic acids is 1. The molecule has 2 aliphatic rings. The molecule has 2 heterocycles. The van der Waals surface area contributed by atoms with Gasteiger partial charge in [-0.3, -0.25) is 4.79 Å². The van der Waals surface area contributed by atoms with Gasteiger partial charge >= 0.3 is 0 Å². The summed E-state index contributed by atoms with van der Waals surface area (Å²) in [7, 11) is 4.67. The maximum Gasteiger partial charge on any atom is 0.197 e. The van der Waals surface area contributed by atoms with Crippen molar-refractivity contribution in [1.29, 1.82) is 0 Å². The monoisotopic (exact) mass is 250 g/mol. The van der Waals surface area contributed by atoms with Gasteiger partial charge in [0.1, 0.15) is 18.3 Å². The van der Waals surface area contributed by atoms with Crippen molar-refractivity contribution in [2.45, 2.75) is 18.3 Å². The minimum Gasteiger partial charge on any atom is -0.493 e. The Balaban J connectivity index is 2.17. The van der Waals surface area contributed by atoms with Crippen LogP contribution in [0.3, 0.4) is 0 Å². The minimum absolute atomic E-state index is 0.0257. The van der Waals surface area contributed by atoms with Gasteiger partial charge in [-0.25, -0.2) is 0 Å². The summed E-state index contributed by atoms with van der Waals surface area (Å²) in [5.41, 5.74) is 1.73. The number of Topliss-reactive ketones (excluding diaryl/α,β-unsaturated/α-hetero) is 1. The third kappa shape index (κ3) is 1.26. The highest BCUT2D eigenvalue weighted by molar-refractivity contribution is 5.94. The lowest BCUT2D eigenvalue weighted by atomic mass is 9.88. The largest absolute Gasteiger partial charge is 0.493 e. The minimum atomic E-state index is -0.552. The van der Waals surface area contributed by atoms with Gasteiger partial charge in [-0.2, -0.15) is 0 Å². The van der Waals surface area contributed by atoms with Gasteiger partial charge in [0.2, 0.25) is 0 Å². The zero-order valence-electron chi connectivity index (χ0n) is 10.4. The highest BCUT2D eigenvalue weighted by Crippen LogP contribution is 2.54. The lowest BCUT2D eigenvalue weighted by Crippen LogP contribution is -2.28. The maximum absolute atomic E-state index is 12.0. The first-order chi connectivity index (χ1) is 8.72. The quantitative estimate of drug-likeness (QED) is 0.812. The topological polar surface area (TPSA) is 54.0 Å². The predicted octanol–water partition coefficient (Wildman–Crippen LogP) is 1.41. The molecule has 0 aliphatic carbocycles. The molecule has 1 aromatic rings. The van der Waals surface area contributed by atoms with Crippen LogP contribution in [-0.4, -0.2) is 33.2 Å². The molecule has 0 radical (unpaired) electrons. The summed E-state index contributed by atoms with van der Waals surface area (Å²) < 4.78 is 21.6. The van der Waals surface area contributed by atoms with E-state index in [2.05, 4.69) is 0 Å². The van der Waals surface area contributed by atoms with Crippen LogP contribution in [0.25, 0.3) is 0 Å². The smallest absolute Gasteiger partial charge is 0.197 e. The van der Waals surface area contributed by atoms with Crippen LogP contribution in [0, 0.1) is 0 Å². The fourth-order valence-corrected chi connectivity index (χ4v) is 2.76. The molecule has 1 aromatic carbocycles. The SMILES string of the molecule is COc1ccc2c(c1OC)[C@@H]1O[C@H]2C(=O)[C@@H]1OC. The van der Waals surface area contributed by atoms with Gasteiger partial charge in [-0.05, 0) is 11.6 Å². The average Bonchev–Trinajstić information content (AvgIpc) is 2.92. The molecule has 0 spiro atoms. The lowest BCUT2D eigenvalue weighted by Gasteiger charge is -2.22. The molecular formula is C13H14O5. The Morgan fingerprint density at radius 2 is 1.94 bits per heavy atom. The number of ketones is 1. The van der Waals surface area contributed by atoms with E-state index in [0.717, 1.165) is 11.1 Å². The van der Waals surface area contributed by atoms with Gasteiger partial charge in [0.25, 0.3) is 0 Å². The molecule has 18 heavy (non-hydrogen) atoms. The van der Waals surface area contributed by atoms with E-state index in [-0.39, 0.29) is 5.78 Å². The Labute approximate surface area is 105 Å². The van der Waals surface area contributed by atoms with Gasteiger partial charge in [0, 0.05) is 12.7 Å². The normalized spacial score (nSPS) is 28.4. The number of hydrogen-bond donors (Lipinski definition) is 0. The Bertz CT molecular complexity index is 510. The number of benzene rings is 1. The summed E-state index contributed by atoms with van der Waals surface area (Å²) in [6.45, 7) is 0. The van der Waals surface area contributed by atoms with E-state index in [9.17, 15) is 4.79 Å². The van der Waals surface area contributed by atoms with Crippen molar-refractivity contribution in [3.05, 3.63) is 23.3 Å². The second-order valence-electron chi connectivity index (χ2n) is 4.30. The van der Waals surface area contributed by atoms with Crippen molar-refractivity contribution < 1.29 is 23.7 Å². The summed E-state index contributed by atoms with van der Waals surface area (Å²) in [4.78, 5) is 12.0. The first-order valence-corrected chi connectivity index (χ1v) is 5.69. The summed E-state index contributed by atoms with van der Waals surface area (Å²) >= 11 is 0. The molecule has 0 aromatic heterocycles. The third-order valence-electron chi connectivity index (χ3n) is 3.54. The summed E-state index contributed by atoms with van der Waals surface area (Å²) in [5, 5.41) is 0. The first-order valence-electron chi connectivity index (χ1n) is 5.69. The third-order valence-corrected chi connectivity index (χ3v) is 3.54. The molecule has 0 unspecified atom stereocenters. The van der Waals surface area contributed by atoms with E-state index >= 15 is 0 Å². The fourth-order valence-electron chi connectivity index (χ4n) is 2.76. The molecule has 1 saturated heterocycles. The van der Waals surface area contributed by atoms with Gasteiger partial charge < -0.3 is 18.9 Å². The van der Waals surface area contributed by atoms with Crippen molar-refractivity contribution in [3.63, 3.8) is 0 Å². The standard InChI is InChI=1S/C13H14O5/c1-15-7-5-4-6-8(11(7)16-2)12-13(17-3)9(14)10(6)18-12/h4-5,10,12-13H,1-3H3/t10-,12+,13+/m1/s1. The number of rotatable bonds is 3. The van der Waals surface area contributed by atoms with Crippen LogP contribution < -0.4 is 9.47 Å². The van der Waals surface area contributed by atoms with Gasteiger partial charge in [0.15, 0.2) is 17.3 Å². The van der Waals surface area contributed by atoms with Crippen LogP contribution in [0.1, 0.15) is 23.3 Å². The van der Waals surface area contributed by atoms with Crippen LogP contribution in [0.2, 0.25) is 0 Å². The summed E-state index contributed by atoms with van der Waals surface area (Å²) in [6, 6.07) is 3.64. The van der Waals surface area contributed by atoms with E-state index in [0.29, 0.717) is 11.5 Å². The van der Waals surface area contributed by atoms with Crippen molar-refractivity contribution in [2.24, 2.45) is 0 Å². The first kappa shape index (κ1) is 11.5. The average molecular weight is 250 g/mol. The molecule has 0 N–H and O–H groups in total. The van der Waals surface area contributed by atoms with Crippen LogP contribution in [0.15, 0.2) is 12.1 Å². The molecule has 2 bridgehead atoms. The van der Waals surface area contributed by atoms with Gasteiger partial charge in [-0.1, -0.05) is 6.07 Å². The van der Waals surface area contributed by atoms with Gasteiger partial charge in [-0.15, -0.1) is 0 Å². The van der Waals surface area contributed by atoms with E-state index in [1.54, 1.807) is 20.3 Å². The molecule has 3 atom stereocenters. The molecule has 96 valence electrons. The number of methoxy groups -OCH3 is 3. The van der Waals surface area contributed by atoms with Crippen LogP contribution in [0.5, 0.6) is 11.5 Å². The zero-order valence-corrected chi connectivity index (χ0v) is 10.4. The maximum atomic E-state index is 12.0. The van der Waals surface area contributed by atoms with E-state index in [1.807, 2.05) is 6.07 Å². The Morgan fingerprint density at radius 3 is 2.56 bits per heavy atom. The highest BCUT2D eigenvalue weighted by atomic mass is 16.6. The number of ether oxygens (including phenoxy) is 4. The molecular weight excluding hydrogens is 236 g/mol. The molecule has 0 saturated carbocycles. The summed E-state index contributed by atoms with van der Waals surface area (Å²) in [6.07, 6.45) is -1.48. The van der Waals surface area contributed by atoms with Crippen molar-refractivity contribution >= 4 is 5.78 Å². The molecule has 2 aliphatic heterocycles. The van der Waals surface area contributed by atoms with E-state index in [1.165, 1.54) is 7.11 Å². The van der Waals surface area contributed by atoms with Crippen LogP contribution in [-0.2, 0) is 14.3 Å². The van der Waals surface area contributed by atoms with Crippen molar-refractivity contribution in [3.8, 4) is 11.5 Å². The molecule has 1 fully saturated rings. The van der Waals surface area contributed by atoms with Crippen molar-refractivity contribution in [2.75, 3.05) is 21.3 Å².